The highest BCUT2D eigenvalue weighted by Gasteiger charge is 2.04. The van der Waals surface area contributed by atoms with Crippen LogP contribution in [0.25, 0.3) is 0 Å². The fraction of sp³-hybridized carbons (Fsp3) is 0.371. The molecule has 37 heavy (non-hydrogen) atoms. The molecule has 0 aliphatic heterocycles. The molecule has 3 aromatic rings. The van der Waals surface area contributed by atoms with Crippen molar-refractivity contribution in [3.8, 4) is 23.7 Å². The van der Waals surface area contributed by atoms with E-state index in [0.29, 0.717) is 16.7 Å². The van der Waals surface area contributed by atoms with Gasteiger partial charge in [0.15, 0.2) is 0 Å². The minimum Gasteiger partial charge on any atom is -0.207 e. The van der Waals surface area contributed by atoms with E-state index in [2.05, 4.69) is 49.7 Å². The zero-order valence-corrected chi connectivity index (χ0v) is 22.3. The van der Waals surface area contributed by atoms with Gasteiger partial charge < -0.3 is 0 Å². The molecule has 0 heterocycles. The van der Waals surface area contributed by atoms with E-state index in [4.69, 9.17) is 0 Å². The Morgan fingerprint density at radius 1 is 0.514 bits per heavy atom. The fourth-order valence-corrected chi connectivity index (χ4v) is 4.24. The summed E-state index contributed by atoms with van der Waals surface area (Å²) in [7, 11) is 0. The van der Waals surface area contributed by atoms with Crippen LogP contribution in [-0.2, 0) is 12.8 Å². The first kappa shape index (κ1) is 28.2. The van der Waals surface area contributed by atoms with Gasteiger partial charge in [-0.3, -0.25) is 0 Å². The van der Waals surface area contributed by atoms with E-state index >= 15 is 0 Å². The number of unbranched alkanes of at least 4 members (excludes halogenated alkanes) is 7. The van der Waals surface area contributed by atoms with Gasteiger partial charge in [0.2, 0.25) is 0 Å². The van der Waals surface area contributed by atoms with Gasteiger partial charge in [-0.2, -0.15) is 0 Å². The molecule has 0 aromatic heterocycles. The third kappa shape index (κ3) is 9.90. The number of hydrogen-bond acceptors (Lipinski definition) is 0. The maximum atomic E-state index is 14.6. The van der Waals surface area contributed by atoms with E-state index in [1.54, 1.807) is 24.3 Å². The van der Waals surface area contributed by atoms with E-state index in [9.17, 15) is 8.78 Å². The maximum absolute atomic E-state index is 14.6. The van der Waals surface area contributed by atoms with E-state index in [0.717, 1.165) is 37.7 Å². The van der Waals surface area contributed by atoms with Gasteiger partial charge in [0.1, 0.15) is 11.6 Å². The maximum Gasteiger partial charge on any atom is 0.140 e. The Morgan fingerprint density at radius 2 is 1.05 bits per heavy atom. The number of rotatable bonds is 11. The van der Waals surface area contributed by atoms with Crippen molar-refractivity contribution >= 4 is 0 Å². The van der Waals surface area contributed by atoms with Crippen molar-refractivity contribution in [1.82, 2.24) is 0 Å². The molecule has 3 rings (SSSR count). The molecule has 0 fully saturated rings. The lowest BCUT2D eigenvalue weighted by atomic mass is 10.0. The van der Waals surface area contributed by atoms with Crippen molar-refractivity contribution in [2.45, 2.75) is 84.5 Å². The normalized spacial score (nSPS) is 10.4. The van der Waals surface area contributed by atoms with Crippen LogP contribution in [0.2, 0.25) is 0 Å². The highest BCUT2D eigenvalue weighted by molar-refractivity contribution is 5.49. The molecular weight excluding hydrogens is 458 g/mol. The van der Waals surface area contributed by atoms with Crippen LogP contribution in [0.1, 0.15) is 105 Å². The fourth-order valence-electron chi connectivity index (χ4n) is 4.24. The molecule has 0 radical (unpaired) electrons. The Bertz CT molecular complexity index is 1250. The van der Waals surface area contributed by atoms with Gasteiger partial charge in [0.05, 0.1) is 5.56 Å². The summed E-state index contributed by atoms with van der Waals surface area (Å²) in [6, 6.07) is 18.2. The number of aryl methyl sites for hydroxylation is 2. The average Bonchev–Trinajstić information content (AvgIpc) is 2.91. The first-order chi connectivity index (χ1) is 18.1. The van der Waals surface area contributed by atoms with Crippen molar-refractivity contribution in [2.75, 3.05) is 0 Å². The summed E-state index contributed by atoms with van der Waals surface area (Å²) < 4.78 is 29.0. The Hall–Kier alpha value is -3.36. The molecule has 0 aliphatic rings. The topological polar surface area (TPSA) is 0 Å². The van der Waals surface area contributed by atoms with Crippen LogP contribution in [-0.4, -0.2) is 0 Å². The van der Waals surface area contributed by atoms with Gasteiger partial charge >= 0.3 is 0 Å². The monoisotopic (exact) mass is 496 g/mol. The van der Waals surface area contributed by atoms with Crippen LogP contribution in [0, 0.1) is 35.3 Å². The van der Waals surface area contributed by atoms with Crippen molar-refractivity contribution in [2.24, 2.45) is 0 Å². The molecule has 2 heteroatoms. The van der Waals surface area contributed by atoms with Crippen molar-refractivity contribution in [3.05, 3.63) is 106 Å². The van der Waals surface area contributed by atoms with Gasteiger partial charge in [-0.05, 0) is 79.3 Å². The Balaban J connectivity index is 1.57. The summed E-state index contributed by atoms with van der Waals surface area (Å²) in [5.41, 5.74) is 4.38. The average molecular weight is 497 g/mol. The molecule has 3 aromatic carbocycles. The van der Waals surface area contributed by atoms with Gasteiger partial charge in [-0.25, -0.2) is 8.78 Å². The molecule has 0 N–H and O–H groups in total. The lowest BCUT2D eigenvalue weighted by Gasteiger charge is -2.03. The summed E-state index contributed by atoms with van der Waals surface area (Å²) in [5, 5.41) is 0. The number of benzene rings is 3. The molecule has 0 unspecified atom stereocenters. The Kier molecular flexibility index (Phi) is 12.0. The summed E-state index contributed by atoms with van der Waals surface area (Å²) >= 11 is 0. The Morgan fingerprint density at radius 3 is 1.73 bits per heavy atom. The van der Waals surface area contributed by atoms with Crippen LogP contribution in [0.3, 0.4) is 0 Å². The predicted molar refractivity (Wildman–Crippen MR) is 152 cm³/mol. The summed E-state index contributed by atoms with van der Waals surface area (Å²) in [5.74, 6) is 11.2. The zero-order valence-electron chi connectivity index (χ0n) is 22.3. The van der Waals surface area contributed by atoms with Crippen LogP contribution in [0.15, 0.2) is 60.7 Å². The van der Waals surface area contributed by atoms with Gasteiger partial charge in [0, 0.05) is 16.7 Å². The van der Waals surface area contributed by atoms with E-state index in [1.165, 1.54) is 56.2 Å². The first-order valence-electron chi connectivity index (χ1n) is 13.8. The van der Waals surface area contributed by atoms with Gasteiger partial charge in [0.25, 0.3) is 0 Å². The minimum atomic E-state index is -0.425. The summed E-state index contributed by atoms with van der Waals surface area (Å²) in [6.45, 7) is 4.39. The largest absolute Gasteiger partial charge is 0.207 e. The third-order valence-corrected chi connectivity index (χ3v) is 6.54. The van der Waals surface area contributed by atoms with Crippen LogP contribution in [0.5, 0.6) is 0 Å². The first-order valence-corrected chi connectivity index (χ1v) is 13.8. The molecule has 0 spiro atoms. The SMILES string of the molecule is CCCCCCCc1ccc(C#Cc2ccc(C#Cc3ccc(CCCCCC)c(F)c3)c(F)c2)cc1. The van der Waals surface area contributed by atoms with E-state index in [1.807, 2.05) is 12.1 Å². The summed E-state index contributed by atoms with van der Waals surface area (Å²) in [6.07, 6.45) is 12.7. The second-order valence-electron chi connectivity index (χ2n) is 9.67. The molecular formula is C35H38F2. The van der Waals surface area contributed by atoms with Crippen LogP contribution < -0.4 is 0 Å². The summed E-state index contributed by atoms with van der Waals surface area (Å²) in [4.78, 5) is 0. The Labute approximate surface area is 222 Å². The van der Waals surface area contributed by atoms with Crippen molar-refractivity contribution < 1.29 is 8.78 Å². The van der Waals surface area contributed by atoms with Crippen molar-refractivity contribution in [1.29, 1.82) is 0 Å². The smallest absolute Gasteiger partial charge is 0.140 e. The van der Waals surface area contributed by atoms with E-state index < -0.39 is 5.82 Å². The minimum absolute atomic E-state index is 0.241. The second-order valence-corrected chi connectivity index (χ2v) is 9.67. The van der Waals surface area contributed by atoms with E-state index in [-0.39, 0.29) is 11.4 Å². The molecule has 0 bridgehead atoms. The second kappa shape index (κ2) is 15.7. The quantitative estimate of drug-likeness (QED) is 0.183. The number of halogens is 2. The van der Waals surface area contributed by atoms with Crippen LogP contribution >= 0.6 is 0 Å². The lowest BCUT2D eigenvalue weighted by Crippen LogP contribution is -1.92. The number of hydrogen-bond donors (Lipinski definition) is 0. The van der Waals surface area contributed by atoms with Gasteiger partial charge in [-0.1, -0.05) is 101 Å². The van der Waals surface area contributed by atoms with Crippen molar-refractivity contribution in [3.63, 3.8) is 0 Å². The van der Waals surface area contributed by atoms with Gasteiger partial charge in [-0.15, -0.1) is 0 Å². The highest BCUT2D eigenvalue weighted by Crippen LogP contribution is 2.15. The molecule has 0 saturated heterocycles. The molecule has 0 amide bonds. The lowest BCUT2D eigenvalue weighted by molar-refractivity contribution is 0.593. The molecule has 0 saturated carbocycles. The molecule has 0 aliphatic carbocycles. The zero-order chi connectivity index (χ0) is 26.3. The standard InChI is InChI=1S/C35H38F2/c1-3-5-7-9-10-12-28-14-16-29(17-15-28)18-19-30-21-24-33(35(37)26-30)25-22-31-20-23-32(34(36)27-31)13-11-8-6-4-2/h14-17,20-21,23-24,26-27H,3-13H2,1-2H3. The predicted octanol–water partition coefficient (Wildman–Crippen LogP) is 9.40. The third-order valence-electron chi connectivity index (χ3n) is 6.54. The molecule has 0 nitrogen and oxygen atoms in total. The van der Waals surface area contributed by atoms with Crippen LogP contribution in [0.4, 0.5) is 8.78 Å². The molecule has 0 atom stereocenters. The molecule has 192 valence electrons. The highest BCUT2D eigenvalue weighted by atomic mass is 19.1.